The summed E-state index contributed by atoms with van der Waals surface area (Å²) in [6.45, 7) is 3.99. The van der Waals surface area contributed by atoms with E-state index in [2.05, 4.69) is 39.6 Å². The quantitative estimate of drug-likeness (QED) is 0.817. The van der Waals surface area contributed by atoms with Crippen LogP contribution in [0.25, 0.3) is 10.8 Å². The Balaban J connectivity index is 2.30. The highest BCUT2D eigenvalue weighted by Gasteiger charge is 2.09. The summed E-state index contributed by atoms with van der Waals surface area (Å²) in [5.74, 6) is 0.965. The number of anilines is 1. The Morgan fingerprint density at radius 3 is 2.61 bits per heavy atom. The monoisotopic (exact) mass is 244 g/mol. The lowest BCUT2D eigenvalue weighted by molar-refractivity contribution is 0.707. The molecule has 4 nitrogen and oxygen atoms in total. The molecule has 1 aromatic heterocycles. The standard InChI is InChI=1S/C14H20N4/c1-11-12-7-4-5-8-13(12)14(17-16-11)18(3)10-6-9-15-2/h4-5,7-8,15H,6,9-10H2,1-3H3. The van der Waals surface area contributed by atoms with E-state index in [1.54, 1.807) is 0 Å². The number of benzene rings is 1. The van der Waals surface area contributed by atoms with E-state index in [1.165, 1.54) is 10.8 Å². The van der Waals surface area contributed by atoms with Crippen molar-refractivity contribution >= 4 is 16.6 Å². The molecule has 18 heavy (non-hydrogen) atoms. The number of hydrogen-bond donors (Lipinski definition) is 1. The molecule has 0 fully saturated rings. The Kier molecular flexibility index (Phi) is 4.10. The van der Waals surface area contributed by atoms with Crippen LogP contribution in [0.4, 0.5) is 5.82 Å². The minimum atomic E-state index is 0.965. The zero-order valence-electron chi connectivity index (χ0n) is 11.3. The maximum Gasteiger partial charge on any atom is 0.158 e. The van der Waals surface area contributed by atoms with Crippen LogP contribution in [-0.4, -0.2) is 37.4 Å². The molecular formula is C14H20N4. The summed E-state index contributed by atoms with van der Waals surface area (Å²) in [5.41, 5.74) is 0.984. The van der Waals surface area contributed by atoms with Crippen LogP contribution in [0, 0.1) is 6.92 Å². The number of aromatic nitrogens is 2. The second kappa shape index (κ2) is 5.78. The van der Waals surface area contributed by atoms with Crippen LogP contribution in [0.15, 0.2) is 24.3 Å². The summed E-state index contributed by atoms with van der Waals surface area (Å²) < 4.78 is 0. The fraction of sp³-hybridized carbons (Fsp3) is 0.429. The summed E-state index contributed by atoms with van der Waals surface area (Å²) in [4.78, 5) is 2.17. The lowest BCUT2D eigenvalue weighted by Crippen LogP contribution is -2.23. The smallest absolute Gasteiger partial charge is 0.158 e. The van der Waals surface area contributed by atoms with Gasteiger partial charge in [-0.3, -0.25) is 0 Å². The van der Waals surface area contributed by atoms with Gasteiger partial charge >= 0.3 is 0 Å². The van der Waals surface area contributed by atoms with Crippen molar-refractivity contribution in [2.24, 2.45) is 0 Å². The third kappa shape index (κ3) is 2.59. The van der Waals surface area contributed by atoms with Crippen molar-refractivity contribution in [1.29, 1.82) is 0 Å². The van der Waals surface area contributed by atoms with E-state index in [1.807, 2.05) is 26.1 Å². The Labute approximate surface area is 108 Å². The summed E-state index contributed by atoms with van der Waals surface area (Å²) in [6, 6.07) is 8.31. The van der Waals surface area contributed by atoms with Gasteiger partial charge in [-0.05, 0) is 26.9 Å². The molecule has 0 aliphatic carbocycles. The first-order chi connectivity index (χ1) is 8.74. The topological polar surface area (TPSA) is 41.0 Å². The molecule has 0 atom stereocenters. The number of nitrogens with zero attached hydrogens (tertiary/aromatic N) is 3. The van der Waals surface area contributed by atoms with E-state index in [-0.39, 0.29) is 0 Å². The number of fused-ring (bicyclic) bond motifs is 1. The molecule has 0 aliphatic heterocycles. The maximum absolute atomic E-state index is 4.34. The van der Waals surface area contributed by atoms with Gasteiger partial charge in [-0.25, -0.2) is 0 Å². The molecule has 1 aromatic carbocycles. The predicted molar refractivity (Wildman–Crippen MR) is 76.1 cm³/mol. The second-order valence-electron chi connectivity index (χ2n) is 4.53. The van der Waals surface area contributed by atoms with Gasteiger partial charge in [0.1, 0.15) is 0 Å². The van der Waals surface area contributed by atoms with Gasteiger partial charge in [0.25, 0.3) is 0 Å². The first-order valence-corrected chi connectivity index (χ1v) is 6.32. The second-order valence-corrected chi connectivity index (χ2v) is 4.53. The zero-order chi connectivity index (χ0) is 13.0. The molecule has 0 spiro atoms. The van der Waals surface area contributed by atoms with Crippen LogP contribution in [0.2, 0.25) is 0 Å². The van der Waals surface area contributed by atoms with Crippen LogP contribution in [-0.2, 0) is 0 Å². The number of hydrogen-bond acceptors (Lipinski definition) is 4. The molecule has 4 heteroatoms. The van der Waals surface area contributed by atoms with Crippen molar-refractivity contribution in [1.82, 2.24) is 15.5 Å². The van der Waals surface area contributed by atoms with E-state index >= 15 is 0 Å². The molecule has 96 valence electrons. The Hall–Kier alpha value is -1.68. The Bertz CT molecular complexity index is 524. The number of aryl methyl sites for hydroxylation is 1. The zero-order valence-corrected chi connectivity index (χ0v) is 11.3. The highest BCUT2D eigenvalue weighted by atomic mass is 15.2. The van der Waals surface area contributed by atoms with Crippen LogP contribution < -0.4 is 10.2 Å². The molecule has 0 saturated heterocycles. The average molecular weight is 244 g/mol. The van der Waals surface area contributed by atoms with Crippen molar-refractivity contribution < 1.29 is 0 Å². The summed E-state index contributed by atoms with van der Waals surface area (Å²) in [5, 5.41) is 14.1. The van der Waals surface area contributed by atoms with Crippen molar-refractivity contribution in [2.45, 2.75) is 13.3 Å². The lowest BCUT2D eigenvalue weighted by Gasteiger charge is -2.19. The highest BCUT2D eigenvalue weighted by Crippen LogP contribution is 2.24. The molecule has 0 amide bonds. The van der Waals surface area contributed by atoms with Gasteiger partial charge in [0.15, 0.2) is 5.82 Å². The molecule has 2 rings (SSSR count). The molecule has 0 saturated carbocycles. The first-order valence-electron chi connectivity index (χ1n) is 6.32. The van der Waals surface area contributed by atoms with Crippen LogP contribution in [0.5, 0.6) is 0 Å². The summed E-state index contributed by atoms with van der Waals surface area (Å²) in [6.07, 6.45) is 1.09. The fourth-order valence-corrected chi connectivity index (χ4v) is 2.10. The maximum atomic E-state index is 4.34. The molecule has 0 aliphatic rings. The van der Waals surface area contributed by atoms with E-state index in [0.29, 0.717) is 0 Å². The third-order valence-corrected chi connectivity index (χ3v) is 3.13. The van der Waals surface area contributed by atoms with Gasteiger partial charge < -0.3 is 10.2 Å². The number of rotatable bonds is 5. The SMILES string of the molecule is CNCCCN(C)c1nnc(C)c2ccccc12. The van der Waals surface area contributed by atoms with Gasteiger partial charge in [-0.2, -0.15) is 5.10 Å². The van der Waals surface area contributed by atoms with Crippen LogP contribution in [0.1, 0.15) is 12.1 Å². The van der Waals surface area contributed by atoms with Crippen LogP contribution in [0.3, 0.4) is 0 Å². The van der Waals surface area contributed by atoms with Crippen molar-refractivity contribution in [3.63, 3.8) is 0 Å². The van der Waals surface area contributed by atoms with E-state index in [4.69, 9.17) is 0 Å². The summed E-state index contributed by atoms with van der Waals surface area (Å²) in [7, 11) is 4.04. The third-order valence-electron chi connectivity index (χ3n) is 3.13. The van der Waals surface area contributed by atoms with Crippen molar-refractivity contribution in [2.75, 3.05) is 32.1 Å². The average Bonchev–Trinajstić information content (AvgIpc) is 2.39. The molecule has 0 radical (unpaired) electrons. The lowest BCUT2D eigenvalue weighted by atomic mass is 10.1. The highest BCUT2D eigenvalue weighted by molar-refractivity contribution is 5.93. The largest absolute Gasteiger partial charge is 0.358 e. The van der Waals surface area contributed by atoms with Crippen LogP contribution >= 0.6 is 0 Å². The Morgan fingerprint density at radius 1 is 1.17 bits per heavy atom. The van der Waals surface area contributed by atoms with Gasteiger partial charge in [0.2, 0.25) is 0 Å². The fourth-order valence-electron chi connectivity index (χ4n) is 2.10. The van der Waals surface area contributed by atoms with E-state index in [9.17, 15) is 0 Å². The molecule has 0 bridgehead atoms. The van der Waals surface area contributed by atoms with Gasteiger partial charge in [0, 0.05) is 24.4 Å². The van der Waals surface area contributed by atoms with Crippen molar-refractivity contribution in [3.05, 3.63) is 30.0 Å². The van der Waals surface area contributed by atoms with Gasteiger partial charge in [-0.1, -0.05) is 24.3 Å². The van der Waals surface area contributed by atoms with Gasteiger partial charge in [-0.15, -0.1) is 5.10 Å². The van der Waals surface area contributed by atoms with E-state index in [0.717, 1.165) is 31.0 Å². The molecule has 1 N–H and O–H groups in total. The van der Waals surface area contributed by atoms with Crippen molar-refractivity contribution in [3.8, 4) is 0 Å². The minimum absolute atomic E-state index is 0.965. The molecule has 1 heterocycles. The first kappa shape index (κ1) is 12.8. The molecule has 2 aromatic rings. The molecule has 0 unspecified atom stereocenters. The van der Waals surface area contributed by atoms with Gasteiger partial charge in [0.05, 0.1) is 5.69 Å². The summed E-state index contributed by atoms with van der Waals surface area (Å²) >= 11 is 0. The predicted octanol–water partition coefficient (Wildman–Crippen LogP) is 1.98. The normalized spacial score (nSPS) is 10.8. The number of nitrogens with one attached hydrogen (secondary N) is 1. The minimum Gasteiger partial charge on any atom is -0.358 e. The molecular weight excluding hydrogens is 224 g/mol. The Morgan fingerprint density at radius 2 is 1.89 bits per heavy atom. The van der Waals surface area contributed by atoms with E-state index < -0.39 is 0 Å².